The third-order valence-corrected chi connectivity index (χ3v) is 4.69. The number of aromatic nitrogens is 3. The van der Waals surface area contributed by atoms with Gasteiger partial charge in [0, 0.05) is 23.6 Å². The topological polar surface area (TPSA) is 101 Å². The maximum Gasteiger partial charge on any atom is 0.329 e. The minimum absolute atomic E-state index is 0.194. The van der Waals surface area contributed by atoms with Crippen LogP contribution in [-0.2, 0) is 17.9 Å². The van der Waals surface area contributed by atoms with E-state index in [1.165, 1.54) is 4.57 Å². The molecule has 2 aromatic heterocycles. The molecule has 2 amide bonds. The highest BCUT2D eigenvalue weighted by Gasteiger charge is 2.16. The molecule has 0 fully saturated rings. The molecule has 0 aliphatic rings. The minimum atomic E-state index is -0.491. The number of hydrazine groups is 1. The fraction of sp³-hybridized carbons (Fsp3) is 0.150. The quantitative estimate of drug-likeness (QED) is 0.473. The predicted molar refractivity (Wildman–Crippen MR) is 106 cm³/mol. The van der Waals surface area contributed by atoms with Crippen LogP contribution < -0.4 is 16.5 Å². The van der Waals surface area contributed by atoms with E-state index >= 15 is 0 Å². The smallest absolute Gasteiger partial charge is 0.329 e. The fourth-order valence-corrected chi connectivity index (χ4v) is 3.37. The van der Waals surface area contributed by atoms with Crippen LogP contribution in [0.5, 0.6) is 0 Å². The van der Waals surface area contributed by atoms with Gasteiger partial charge in [0.05, 0.1) is 16.6 Å². The molecule has 0 radical (unpaired) electrons. The van der Waals surface area contributed by atoms with Crippen LogP contribution in [0.25, 0.3) is 21.9 Å². The van der Waals surface area contributed by atoms with Gasteiger partial charge >= 0.3 is 5.69 Å². The van der Waals surface area contributed by atoms with E-state index in [1.54, 1.807) is 16.8 Å². The Morgan fingerprint density at radius 2 is 1.64 bits per heavy atom. The van der Waals surface area contributed by atoms with Crippen molar-refractivity contribution in [3.63, 3.8) is 0 Å². The molecule has 0 atom stereocenters. The second kappa shape index (κ2) is 7.07. The van der Waals surface area contributed by atoms with Gasteiger partial charge in [0.15, 0.2) is 0 Å². The molecule has 0 unspecified atom stereocenters. The van der Waals surface area contributed by atoms with Crippen molar-refractivity contribution in [3.05, 3.63) is 70.8 Å². The van der Waals surface area contributed by atoms with Gasteiger partial charge in [0.2, 0.25) is 0 Å². The number of amides is 2. The number of hydrogen-bond acceptors (Lipinski definition) is 3. The van der Waals surface area contributed by atoms with Crippen LogP contribution in [0.2, 0.25) is 0 Å². The van der Waals surface area contributed by atoms with Gasteiger partial charge in [-0.1, -0.05) is 30.3 Å². The SMILES string of the molecule is CCn1c(=O)n(CC(=O)NNC(=O)c2c[nH]c3ccccc23)c2ccccc21. The van der Waals surface area contributed by atoms with Crippen molar-refractivity contribution in [2.75, 3.05) is 0 Å². The van der Waals surface area contributed by atoms with E-state index in [4.69, 9.17) is 0 Å². The van der Waals surface area contributed by atoms with Crippen molar-refractivity contribution in [2.45, 2.75) is 20.0 Å². The number of H-pyrrole nitrogens is 1. The standard InChI is InChI=1S/C20H19N5O3/c1-2-24-16-9-5-6-10-17(16)25(20(24)28)12-18(26)22-23-19(27)14-11-21-15-8-4-3-7-13(14)15/h3-11,21H,2,12H2,1H3,(H,22,26)(H,23,27). The Balaban J connectivity index is 1.50. The summed E-state index contributed by atoms with van der Waals surface area (Å²) in [7, 11) is 0. The normalized spacial score (nSPS) is 11.0. The second-order valence-corrected chi connectivity index (χ2v) is 6.35. The van der Waals surface area contributed by atoms with Crippen molar-refractivity contribution in [1.82, 2.24) is 25.0 Å². The Hall–Kier alpha value is -3.81. The summed E-state index contributed by atoms with van der Waals surface area (Å²) in [5.41, 5.74) is 7.23. The Bertz CT molecular complexity index is 1250. The van der Waals surface area contributed by atoms with Gasteiger partial charge in [0.25, 0.3) is 11.8 Å². The molecule has 8 nitrogen and oxygen atoms in total. The molecule has 0 spiro atoms. The molecule has 142 valence electrons. The highest BCUT2D eigenvalue weighted by Crippen LogP contribution is 2.17. The number of aromatic amines is 1. The van der Waals surface area contributed by atoms with Crippen LogP contribution >= 0.6 is 0 Å². The number of fused-ring (bicyclic) bond motifs is 2. The van der Waals surface area contributed by atoms with Gasteiger partial charge < -0.3 is 4.98 Å². The largest absolute Gasteiger partial charge is 0.360 e. The number of para-hydroxylation sites is 3. The summed E-state index contributed by atoms with van der Waals surface area (Å²) in [6.45, 7) is 2.19. The highest BCUT2D eigenvalue weighted by atomic mass is 16.2. The van der Waals surface area contributed by atoms with Crippen LogP contribution in [0, 0.1) is 0 Å². The minimum Gasteiger partial charge on any atom is -0.360 e. The average molecular weight is 377 g/mol. The first kappa shape index (κ1) is 17.6. The Morgan fingerprint density at radius 3 is 2.39 bits per heavy atom. The molecule has 0 bridgehead atoms. The number of carbonyl (C=O) groups excluding carboxylic acids is 2. The number of benzene rings is 2. The van der Waals surface area contributed by atoms with E-state index in [0.717, 1.165) is 16.4 Å². The number of rotatable bonds is 4. The Kier molecular flexibility index (Phi) is 4.44. The van der Waals surface area contributed by atoms with E-state index in [-0.39, 0.29) is 12.2 Å². The van der Waals surface area contributed by atoms with E-state index in [0.29, 0.717) is 17.6 Å². The van der Waals surface area contributed by atoms with E-state index < -0.39 is 11.8 Å². The van der Waals surface area contributed by atoms with Gasteiger partial charge in [0.1, 0.15) is 6.54 Å². The molecule has 2 aromatic carbocycles. The molecule has 4 aromatic rings. The zero-order valence-corrected chi connectivity index (χ0v) is 15.2. The number of nitrogens with zero attached hydrogens (tertiary/aromatic N) is 2. The molecule has 3 N–H and O–H groups in total. The molecule has 0 aliphatic carbocycles. The van der Waals surface area contributed by atoms with Crippen LogP contribution in [0.15, 0.2) is 59.5 Å². The maximum atomic E-state index is 12.6. The summed E-state index contributed by atoms with van der Waals surface area (Å²) in [5, 5.41) is 0.761. The maximum absolute atomic E-state index is 12.6. The van der Waals surface area contributed by atoms with Gasteiger partial charge in [-0.15, -0.1) is 0 Å². The molecule has 4 rings (SSSR count). The van der Waals surface area contributed by atoms with Crippen molar-refractivity contribution in [1.29, 1.82) is 0 Å². The number of hydrogen-bond donors (Lipinski definition) is 3. The molecular weight excluding hydrogens is 358 g/mol. The summed E-state index contributed by atoms with van der Waals surface area (Å²) >= 11 is 0. The summed E-state index contributed by atoms with van der Waals surface area (Å²) in [6, 6.07) is 14.7. The number of aryl methyl sites for hydroxylation is 1. The first-order valence-corrected chi connectivity index (χ1v) is 8.93. The lowest BCUT2D eigenvalue weighted by Crippen LogP contribution is -2.44. The van der Waals surface area contributed by atoms with Crippen LogP contribution in [0.1, 0.15) is 17.3 Å². The predicted octanol–water partition coefficient (Wildman–Crippen LogP) is 1.77. The Labute approximate surface area is 159 Å². The van der Waals surface area contributed by atoms with Crippen LogP contribution in [0.3, 0.4) is 0 Å². The molecule has 2 heterocycles. The first-order chi connectivity index (χ1) is 13.6. The molecule has 28 heavy (non-hydrogen) atoms. The number of imidazole rings is 1. The molecule has 0 saturated carbocycles. The number of carbonyl (C=O) groups is 2. The zero-order chi connectivity index (χ0) is 19.7. The Morgan fingerprint density at radius 1 is 0.964 bits per heavy atom. The lowest BCUT2D eigenvalue weighted by molar-refractivity contribution is -0.122. The molecule has 0 aliphatic heterocycles. The van der Waals surface area contributed by atoms with Crippen molar-refractivity contribution < 1.29 is 9.59 Å². The summed E-state index contributed by atoms with van der Waals surface area (Å²) in [6.07, 6.45) is 1.59. The highest BCUT2D eigenvalue weighted by molar-refractivity contribution is 6.07. The third-order valence-electron chi connectivity index (χ3n) is 4.69. The van der Waals surface area contributed by atoms with E-state index in [2.05, 4.69) is 15.8 Å². The van der Waals surface area contributed by atoms with Gasteiger partial charge in [-0.25, -0.2) is 4.79 Å². The van der Waals surface area contributed by atoms with Crippen LogP contribution in [0.4, 0.5) is 0 Å². The number of nitrogens with one attached hydrogen (secondary N) is 3. The molecule has 0 saturated heterocycles. The van der Waals surface area contributed by atoms with Gasteiger partial charge in [-0.05, 0) is 25.1 Å². The van der Waals surface area contributed by atoms with Gasteiger partial charge in [-0.2, -0.15) is 0 Å². The fourth-order valence-electron chi connectivity index (χ4n) is 3.37. The molecule has 8 heteroatoms. The van der Waals surface area contributed by atoms with Crippen molar-refractivity contribution in [2.24, 2.45) is 0 Å². The summed E-state index contributed by atoms with van der Waals surface area (Å²) < 4.78 is 3.00. The van der Waals surface area contributed by atoms with E-state index in [1.807, 2.05) is 49.4 Å². The third kappa shape index (κ3) is 2.94. The zero-order valence-electron chi connectivity index (χ0n) is 15.2. The van der Waals surface area contributed by atoms with Crippen molar-refractivity contribution in [3.8, 4) is 0 Å². The monoisotopic (exact) mass is 377 g/mol. The lowest BCUT2D eigenvalue weighted by Gasteiger charge is -2.07. The summed E-state index contributed by atoms with van der Waals surface area (Å²) in [4.78, 5) is 40.3. The van der Waals surface area contributed by atoms with Gasteiger partial charge in [-0.3, -0.25) is 29.6 Å². The second-order valence-electron chi connectivity index (χ2n) is 6.35. The molecular formula is C20H19N5O3. The van der Waals surface area contributed by atoms with Crippen molar-refractivity contribution >= 4 is 33.8 Å². The lowest BCUT2D eigenvalue weighted by atomic mass is 10.2. The summed E-state index contributed by atoms with van der Waals surface area (Å²) in [5.74, 6) is -0.927. The average Bonchev–Trinajstić information content (AvgIpc) is 3.26. The van der Waals surface area contributed by atoms with Crippen LogP contribution in [-0.4, -0.2) is 25.9 Å². The van der Waals surface area contributed by atoms with E-state index in [9.17, 15) is 14.4 Å². The first-order valence-electron chi connectivity index (χ1n) is 8.93.